The molecule has 0 amide bonds. The van der Waals surface area contributed by atoms with E-state index in [9.17, 15) is 0 Å². The smallest absolute Gasteiger partial charge is 0.161 e. The summed E-state index contributed by atoms with van der Waals surface area (Å²) in [5.74, 6) is 2.11. The van der Waals surface area contributed by atoms with Gasteiger partial charge in [0, 0.05) is 103 Å². The van der Waals surface area contributed by atoms with Gasteiger partial charge in [0.15, 0.2) is 17.5 Å². The Morgan fingerprint density at radius 1 is 0.136 bits per heavy atom. The molecule has 6 aromatic heterocycles. The molecule has 0 N–H and O–H groups in total. The summed E-state index contributed by atoms with van der Waals surface area (Å²) in [6.07, 6.45) is 9.32. The fourth-order valence-electron chi connectivity index (χ4n) is 17.4. The van der Waals surface area contributed by atoms with Crippen LogP contribution in [0.25, 0.3) is 233 Å². The maximum absolute atomic E-state index is 5.20. The van der Waals surface area contributed by atoms with Crippen LogP contribution in [0.1, 0.15) is 0 Å². The van der Waals surface area contributed by atoms with Crippen LogP contribution in [0, 0.1) is 0 Å². The minimum Gasteiger partial charge on any atom is -0.264 e. The first-order chi connectivity index (χ1) is 65.3. The van der Waals surface area contributed by atoms with Crippen LogP contribution >= 0.6 is 0 Å². The van der Waals surface area contributed by atoms with Crippen LogP contribution < -0.4 is 0 Å². The van der Waals surface area contributed by atoms with E-state index in [4.69, 9.17) is 34.9 Å². The number of nitrogens with zero attached hydrogens (tertiary/aromatic N) is 9. The average Bonchev–Trinajstić information content (AvgIpc) is 0.826. The molecule has 0 saturated heterocycles. The molecular weight excluding hydrogens is 1600 g/mol. The monoisotopic (exact) mass is 1680 g/mol. The van der Waals surface area contributed by atoms with Crippen LogP contribution in [-0.4, -0.2) is 44.9 Å². The van der Waals surface area contributed by atoms with E-state index >= 15 is 0 Å². The van der Waals surface area contributed by atoms with Gasteiger partial charge in [-0.3, -0.25) is 15.0 Å². The van der Waals surface area contributed by atoms with Crippen LogP contribution in [-0.2, 0) is 0 Å². The van der Waals surface area contributed by atoms with Crippen molar-refractivity contribution in [3.05, 3.63) is 492 Å². The summed E-state index contributed by atoms with van der Waals surface area (Å²) >= 11 is 0. The second-order valence-corrected chi connectivity index (χ2v) is 32.9. The van der Waals surface area contributed by atoms with Crippen molar-refractivity contribution in [2.24, 2.45) is 0 Å². The predicted octanol–water partition coefficient (Wildman–Crippen LogP) is 31.5. The van der Waals surface area contributed by atoms with Gasteiger partial charge in [0.25, 0.3) is 0 Å². The summed E-state index contributed by atoms with van der Waals surface area (Å²) in [6, 6.07) is 161. The summed E-state index contributed by atoms with van der Waals surface area (Å²) in [5, 5.41) is 13.2. The number of rotatable bonds is 15. The molecule has 0 spiro atoms. The zero-order valence-electron chi connectivity index (χ0n) is 71.8. The number of benzene rings is 18. The van der Waals surface area contributed by atoms with Crippen molar-refractivity contribution in [3.8, 4) is 168 Å². The van der Waals surface area contributed by atoms with Crippen molar-refractivity contribution in [2.75, 3.05) is 0 Å². The molecule has 0 radical (unpaired) electrons. The second kappa shape index (κ2) is 36.3. The molecule has 24 aromatic rings. The molecule has 18 aromatic carbocycles. The number of hydrogen-bond donors (Lipinski definition) is 0. The van der Waals surface area contributed by atoms with Gasteiger partial charge in [0.1, 0.15) is 0 Å². The second-order valence-electron chi connectivity index (χ2n) is 32.9. The summed E-state index contributed by atoms with van der Waals surface area (Å²) in [5.41, 5.74) is 29.1. The van der Waals surface area contributed by atoms with E-state index < -0.39 is 0 Å². The molecule has 24 rings (SSSR count). The van der Waals surface area contributed by atoms with Gasteiger partial charge in [-0.15, -0.1) is 0 Å². The van der Waals surface area contributed by atoms with E-state index in [-0.39, 0.29) is 0 Å². The Morgan fingerprint density at radius 3 is 0.856 bits per heavy atom. The first kappa shape index (κ1) is 80.1. The standard InChI is InChI=1S/C45H29N3.C41H27N3.C37H25N3/c1-2-11-34-25-36(24-21-30(34)9-1)31-19-22-33(23-20-31)43-28-44(48-45(47-43)41-17-8-13-32-10-3-5-16-40(32)41)38-15-7-14-35(26-38)39-27-37-12-4-6-18-42(37)46-29-39;1-3-9-32-23-35(20-16-28(32)7-1)30-14-18-31(19-15-30)39-26-40(36-12-5-11-34(24-36)38-13-6-22-42-27-38)44-41(43-39)37-21-17-29-8-2-4-10-33(29)25-37;1-2-9-29(10-3-1)37-39-35(24-36(40-37)33-13-6-12-31(23-33)34-14-7-21-38-25-34)28-18-15-27(16-19-28)32-20-17-26-8-4-5-11-30(26)22-32/h1-29H;1-27H;1-25H. The minimum atomic E-state index is 0.702. The van der Waals surface area contributed by atoms with Crippen molar-refractivity contribution in [3.63, 3.8) is 0 Å². The maximum atomic E-state index is 5.20. The molecule has 0 aliphatic carbocycles. The Labute approximate surface area is 764 Å². The van der Waals surface area contributed by atoms with Crippen molar-refractivity contribution in [1.82, 2.24) is 44.9 Å². The molecular formula is C123H81N9. The largest absolute Gasteiger partial charge is 0.264 e. The maximum Gasteiger partial charge on any atom is 0.161 e. The lowest BCUT2D eigenvalue weighted by molar-refractivity contribution is 1.18. The first-order valence-electron chi connectivity index (χ1n) is 44.3. The van der Waals surface area contributed by atoms with Gasteiger partial charge in [-0.05, 0) is 189 Å². The zero-order valence-corrected chi connectivity index (χ0v) is 71.8. The molecule has 0 atom stereocenters. The topological polar surface area (TPSA) is 116 Å². The number of hydrogen-bond acceptors (Lipinski definition) is 9. The zero-order chi connectivity index (χ0) is 87.9. The third-order valence-electron chi connectivity index (χ3n) is 24.4. The van der Waals surface area contributed by atoms with Gasteiger partial charge < -0.3 is 0 Å². The van der Waals surface area contributed by atoms with E-state index in [1.807, 2.05) is 61.1 Å². The van der Waals surface area contributed by atoms with E-state index in [2.05, 4.69) is 429 Å². The Balaban J connectivity index is 0.000000116. The van der Waals surface area contributed by atoms with E-state index in [0.717, 1.165) is 139 Å². The highest BCUT2D eigenvalue weighted by Crippen LogP contribution is 2.40. The average molecular weight is 1690 g/mol. The SMILES string of the molecule is c1cc(-c2cnc3ccccc3c2)cc(-c2cc(-c3ccc(-c4ccc5ccccc5c4)cc3)nc(-c3cccc4ccccc34)n2)c1.c1ccc(-c2nc(-c3ccc(-c4ccc5ccccc5c4)cc3)cc(-c3cccc(-c4cccnc4)c3)n2)cc1.c1cncc(-c2cccc(-c3cc(-c4ccc(-c5ccc6ccccc6c5)cc4)nc(-c4ccc5ccccc5c4)n3)c2)c1. The molecule has 9 heteroatoms. The highest BCUT2D eigenvalue weighted by Gasteiger charge is 2.19. The van der Waals surface area contributed by atoms with Gasteiger partial charge in [0.05, 0.1) is 39.7 Å². The Hall–Kier alpha value is -17.8. The first-order valence-corrected chi connectivity index (χ1v) is 44.3. The van der Waals surface area contributed by atoms with E-state index in [0.29, 0.717) is 17.5 Å². The van der Waals surface area contributed by atoms with E-state index in [1.165, 1.54) is 76.5 Å². The van der Waals surface area contributed by atoms with Crippen LogP contribution in [0.5, 0.6) is 0 Å². The molecule has 6 heterocycles. The third kappa shape index (κ3) is 17.3. The minimum absolute atomic E-state index is 0.702. The Kier molecular flexibility index (Phi) is 22.0. The summed E-state index contributed by atoms with van der Waals surface area (Å²) in [6.45, 7) is 0. The van der Waals surface area contributed by atoms with Gasteiger partial charge in [-0.25, -0.2) is 29.9 Å². The molecule has 9 nitrogen and oxygen atoms in total. The highest BCUT2D eigenvalue weighted by atomic mass is 14.9. The van der Waals surface area contributed by atoms with Crippen LogP contribution in [0.2, 0.25) is 0 Å². The predicted molar refractivity (Wildman–Crippen MR) is 546 cm³/mol. The molecule has 0 unspecified atom stereocenters. The quantitative estimate of drug-likeness (QED) is 0.0989. The third-order valence-corrected chi connectivity index (χ3v) is 24.4. The molecule has 0 aliphatic heterocycles. The van der Waals surface area contributed by atoms with E-state index in [1.54, 1.807) is 12.4 Å². The summed E-state index contributed by atoms with van der Waals surface area (Å²) in [4.78, 5) is 43.9. The van der Waals surface area contributed by atoms with Crippen LogP contribution in [0.3, 0.4) is 0 Å². The van der Waals surface area contributed by atoms with Crippen LogP contribution in [0.4, 0.5) is 0 Å². The fourth-order valence-corrected chi connectivity index (χ4v) is 17.4. The van der Waals surface area contributed by atoms with Crippen molar-refractivity contribution in [1.29, 1.82) is 0 Å². The van der Waals surface area contributed by atoms with Gasteiger partial charge >= 0.3 is 0 Å². The molecule has 618 valence electrons. The number of para-hydroxylation sites is 1. The number of fused-ring (bicyclic) bond motifs is 6. The molecule has 0 aliphatic rings. The lowest BCUT2D eigenvalue weighted by Crippen LogP contribution is -1.97. The Bertz CT molecular complexity index is 8370. The Morgan fingerprint density at radius 2 is 0.424 bits per heavy atom. The molecule has 0 fully saturated rings. The number of pyridine rings is 3. The van der Waals surface area contributed by atoms with Gasteiger partial charge in [0.2, 0.25) is 0 Å². The molecule has 0 bridgehead atoms. The van der Waals surface area contributed by atoms with Crippen LogP contribution in [0.15, 0.2) is 492 Å². The van der Waals surface area contributed by atoms with Gasteiger partial charge in [-0.1, -0.05) is 376 Å². The number of aromatic nitrogens is 9. The fraction of sp³-hybridized carbons (Fsp3) is 0. The van der Waals surface area contributed by atoms with Gasteiger partial charge in [-0.2, -0.15) is 0 Å². The lowest BCUT2D eigenvalue weighted by Gasteiger charge is -2.12. The molecule has 132 heavy (non-hydrogen) atoms. The summed E-state index contributed by atoms with van der Waals surface area (Å²) in [7, 11) is 0. The normalized spacial score (nSPS) is 11.2. The lowest BCUT2D eigenvalue weighted by atomic mass is 9.98. The molecule has 0 saturated carbocycles. The van der Waals surface area contributed by atoms with Crippen molar-refractivity contribution >= 4 is 64.8 Å². The van der Waals surface area contributed by atoms with Crippen molar-refractivity contribution < 1.29 is 0 Å². The highest BCUT2D eigenvalue weighted by molar-refractivity contribution is 5.97. The van der Waals surface area contributed by atoms with Crippen molar-refractivity contribution in [2.45, 2.75) is 0 Å². The summed E-state index contributed by atoms with van der Waals surface area (Å²) < 4.78 is 0.